The Morgan fingerprint density at radius 3 is 1.75 bits per heavy atom. The predicted octanol–water partition coefficient (Wildman–Crippen LogP) is -0.0997. The van der Waals surface area contributed by atoms with Crippen molar-refractivity contribution in [1.82, 2.24) is 6.15 Å². The zero-order valence-corrected chi connectivity index (χ0v) is 7.02. The van der Waals surface area contributed by atoms with Gasteiger partial charge in [0.05, 0.1) is 5.75 Å². The summed E-state index contributed by atoms with van der Waals surface area (Å²) in [6, 6.07) is 0. The van der Waals surface area contributed by atoms with E-state index in [1.165, 1.54) is 6.92 Å². The third kappa shape index (κ3) is 15.9. The van der Waals surface area contributed by atoms with E-state index < -0.39 is 10.1 Å². The van der Waals surface area contributed by atoms with Gasteiger partial charge in [-0.15, -0.1) is 0 Å². The monoisotopic (exact) mass is 153 g/mol. The molecule has 50 valence electrons. The van der Waals surface area contributed by atoms with Gasteiger partial charge in [-0.2, -0.15) is 8.42 Å². The molecule has 0 aliphatic heterocycles. The van der Waals surface area contributed by atoms with Crippen molar-refractivity contribution in [3.63, 3.8) is 0 Å². The van der Waals surface area contributed by atoms with Crippen LogP contribution >= 0.6 is 0 Å². The van der Waals surface area contributed by atoms with Crippen LogP contribution < -0.4 is 6.15 Å². The van der Waals surface area contributed by atoms with E-state index in [1.54, 1.807) is 0 Å². The van der Waals surface area contributed by atoms with Crippen molar-refractivity contribution in [3.8, 4) is 0 Å². The van der Waals surface area contributed by atoms with Gasteiger partial charge in [0.1, 0.15) is 0 Å². The Bertz CT molecular complexity index is 126. The van der Waals surface area contributed by atoms with Gasteiger partial charge in [0.15, 0.2) is 0 Å². The molecule has 0 saturated heterocycles. The summed E-state index contributed by atoms with van der Waals surface area (Å²) in [5.41, 5.74) is 0. The molecule has 0 fully saturated rings. The molecular weight excluding hydrogens is 142 g/mol. The topological polar surface area (TPSA) is 89.4 Å². The van der Waals surface area contributed by atoms with Crippen molar-refractivity contribution < 1.29 is 15.8 Å². The van der Waals surface area contributed by atoms with Gasteiger partial charge in [0.25, 0.3) is 10.1 Å². The maximum Gasteiger partial charge on any atom is 2.00 e. The van der Waals surface area contributed by atoms with Crippen LogP contribution in [0.4, 0.5) is 0 Å². The fourth-order valence-electron chi connectivity index (χ4n) is 0. The van der Waals surface area contributed by atoms with Crippen LogP contribution in [0.5, 0.6) is 0 Å². The van der Waals surface area contributed by atoms with Crippen LogP contribution in [-0.4, -0.2) is 41.8 Å². The van der Waals surface area contributed by atoms with Gasteiger partial charge in [-0.05, 0) is 6.92 Å². The average molecular weight is 153 g/mol. The quantitative estimate of drug-likeness (QED) is 0.407. The molecule has 0 spiro atoms. The second-order valence-electron chi connectivity index (χ2n) is 0.871. The second kappa shape index (κ2) is 5.77. The van der Waals surface area contributed by atoms with Crippen LogP contribution in [0, 0.1) is 0 Å². The summed E-state index contributed by atoms with van der Waals surface area (Å²) < 4.78 is 26.9. The van der Waals surface area contributed by atoms with Crippen molar-refractivity contribution in [2.75, 3.05) is 5.75 Å². The molecule has 0 aromatic heterocycles. The smallest absolute Gasteiger partial charge is 1.00 e. The summed E-state index contributed by atoms with van der Waals surface area (Å²) >= 11 is 0. The standard InChI is InChI=1S/C2H6O3S.Mg.H3N.2H/c1-2-6(3,4)5;;;;/h2H2,1H3,(H,3,4,5);;1H3;;/q;+2;;2*-1. The summed E-state index contributed by atoms with van der Waals surface area (Å²) in [5.74, 6) is -0.201. The van der Waals surface area contributed by atoms with E-state index in [0.717, 1.165) is 0 Å². The normalized spacial score (nSPS) is 8.75. The molecule has 0 aromatic rings. The minimum atomic E-state index is -3.66. The fraction of sp³-hybridized carbons (Fsp3) is 1.00. The SMILES string of the molecule is CCS(=O)(=O)O.N.[H-].[H-].[Mg+2]. The fourth-order valence-corrected chi connectivity index (χ4v) is 0. The van der Waals surface area contributed by atoms with Gasteiger partial charge in [-0.25, -0.2) is 0 Å². The molecule has 0 amide bonds. The second-order valence-corrected chi connectivity index (χ2v) is 2.61. The Balaban J connectivity index is -0.0000000208. The van der Waals surface area contributed by atoms with Gasteiger partial charge in [0, 0.05) is 0 Å². The third-order valence-corrected chi connectivity index (χ3v) is 1.09. The summed E-state index contributed by atoms with van der Waals surface area (Å²) in [6.45, 7) is 1.37. The molecule has 0 saturated carbocycles. The molecule has 4 nitrogen and oxygen atoms in total. The first-order valence-electron chi connectivity index (χ1n) is 1.51. The molecule has 0 unspecified atom stereocenters. The van der Waals surface area contributed by atoms with Gasteiger partial charge < -0.3 is 9.00 Å². The van der Waals surface area contributed by atoms with Crippen LogP contribution in [0.1, 0.15) is 9.78 Å². The molecule has 0 aromatic carbocycles. The first-order chi connectivity index (χ1) is 2.56. The van der Waals surface area contributed by atoms with E-state index in [1.807, 2.05) is 0 Å². The van der Waals surface area contributed by atoms with Crippen molar-refractivity contribution in [1.29, 1.82) is 0 Å². The average Bonchev–Trinajstić information content (AvgIpc) is 1.35. The van der Waals surface area contributed by atoms with E-state index in [4.69, 9.17) is 4.55 Å². The number of hydrogen-bond acceptors (Lipinski definition) is 3. The third-order valence-electron chi connectivity index (χ3n) is 0.365. The molecule has 0 aliphatic carbocycles. The Labute approximate surface area is 68.1 Å². The molecule has 0 rings (SSSR count). The van der Waals surface area contributed by atoms with Gasteiger partial charge in [0.2, 0.25) is 0 Å². The van der Waals surface area contributed by atoms with Crippen LogP contribution in [0.3, 0.4) is 0 Å². The molecule has 8 heavy (non-hydrogen) atoms. The molecule has 4 N–H and O–H groups in total. The Kier molecular flexibility index (Phi) is 11.4. The van der Waals surface area contributed by atoms with Gasteiger partial charge in [-0.1, -0.05) is 0 Å². The predicted molar refractivity (Wildman–Crippen MR) is 35.1 cm³/mol. The van der Waals surface area contributed by atoms with Crippen LogP contribution in [0.2, 0.25) is 0 Å². The molecule has 0 radical (unpaired) electrons. The van der Waals surface area contributed by atoms with Crippen molar-refractivity contribution >= 4 is 33.2 Å². The van der Waals surface area contributed by atoms with Gasteiger partial charge in [-0.3, -0.25) is 4.55 Å². The van der Waals surface area contributed by atoms with Crippen molar-refractivity contribution in [3.05, 3.63) is 0 Å². The van der Waals surface area contributed by atoms with Crippen molar-refractivity contribution in [2.24, 2.45) is 0 Å². The van der Waals surface area contributed by atoms with Crippen molar-refractivity contribution in [2.45, 2.75) is 6.92 Å². The van der Waals surface area contributed by atoms with Crippen LogP contribution in [0.25, 0.3) is 0 Å². The van der Waals surface area contributed by atoms with Crippen LogP contribution in [-0.2, 0) is 10.1 Å². The van der Waals surface area contributed by atoms with E-state index in [2.05, 4.69) is 0 Å². The molecule has 6 heteroatoms. The minimum absolute atomic E-state index is 0. The first kappa shape index (κ1) is 15.9. The first-order valence-corrected chi connectivity index (χ1v) is 3.12. The summed E-state index contributed by atoms with van der Waals surface area (Å²) in [4.78, 5) is 0. The molecular formula is C2H11MgNO3S. The zero-order chi connectivity index (χ0) is 5.21. The van der Waals surface area contributed by atoms with E-state index >= 15 is 0 Å². The zero-order valence-electron chi connectivity index (χ0n) is 6.79. The summed E-state index contributed by atoms with van der Waals surface area (Å²) in [5, 5.41) is 0. The molecule has 0 bridgehead atoms. The summed E-state index contributed by atoms with van der Waals surface area (Å²) in [7, 11) is -3.66. The van der Waals surface area contributed by atoms with E-state index in [0.29, 0.717) is 0 Å². The Morgan fingerprint density at radius 1 is 1.62 bits per heavy atom. The maximum absolute atomic E-state index is 9.56. The van der Waals surface area contributed by atoms with E-state index in [-0.39, 0.29) is 37.8 Å². The minimum Gasteiger partial charge on any atom is -1.00 e. The van der Waals surface area contributed by atoms with Crippen LogP contribution in [0.15, 0.2) is 0 Å². The Hall–Kier alpha value is 0.636. The summed E-state index contributed by atoms with van der Waals surface area (Å²) in [6.07, 6.45) is 0. The molecule has 0 atom stereocenters. The maximum atomic E-state index is 9.56. The van der Waals surface area contributed by atoms with Gasteiger partial charge >= 0.3 is 23.1 Å². The largest absolute Gasteiger partial charge is 2.00 e. The molecule has 0 heterocycles. The van der Waals surface area contributed by atoms with E-state index in [9.17, 15) is 8.42 Å². The number of hydrogen-bond donors (Lipinski definition) is 2. The Morgan fingerprint density at radius 2 is 1.75 bits per heavy atom. The molecule has 0 aliphatic rings. The number of rotatable bonds is 1.